The van der Waals surface area contributed by atoms with Gasteiger partial charge in [0.2, 0.25) is 0 Å². The smallest absolute Gasteiger partial charge is 0.123 e. The van der Waals surface area contributed by atoms with Gasteiger partial charge >= 0.3 is 0 Å². The first-order chi connectivity index (χ1) is 9.63. The molecule has 2 aromatic rings. The molecule has 1 unspecified atom stereocenters. The predicted octanol–water partition coefficient (Wildman–Crippen LogP) is 3.81. The highest BCUT2D eigenvalue weighted by molar-refractivity contribution is 6.30. The highest BCUT2D eigenvalue weighted by atomic mass is 35.5. The summed E-state index contributed by atoms with van der Waals surface area (Å²) in [6.07, 6.45) is 0.575. The predicted molar refractivity (Wildman–Crippen MR) is 77.9 cm³/mol. The van der Waals surface area contributed by atoms with Crippen molar-refractivity contribution in [1.82, 2.24) is 0 Å². The van der Waals surface area contributed by atoms with Gasteiger partial charge in [-0.1, -0.05) is 23.7 Å². The molecular formula is C16H16ClFO2. The number of aliphatic hydroxyl groups excluding tert-OH is 1. The molecular weight excluding hydrogens is 279 g/mol. The summed E-state index contributed by atoms with van der Waals surface area (Å²) in [7, 11) is 1.60. The second-order valence-corrected chi connectivity index (χ2v) is 5.03. The van der Waals surface area contributed by atoms with Crippen molar-refractivity contribution in [2.75, 3.05) is 13.7 Å². The minimum Gasteiger partial charge on any atom is -0.496 e. The van der Waals surface area contributed by atoms with E-state index in [9.17, 15) is 9.50 Å². The van der Waals surface area contributed by atoms with Crippen LogP contribution in [0.15, 0.2) is 42.5 Å². The quantitative estimate of drug-likeness (QED) is 0.909. The average Bonchev–Trinajstić information content (AvgIpc) is 2.46. The third-order valence-corrected chi connectivity index (χ3v) is 3.51. The maximum Gasteiger partial charge on any atom is 0.123 e. The van der Waals surface area contributed by atoms with E-state index in [1.165, 1.54) is 12.1 Å². The van der Waals surface area contributed by atoms with Crippen LogP contribution in [0.5, 0.6) is 5.75 Å². The van der Waals surface area contributed by atoms with Gasteiger partial charge in [-0.25, -0.2) is 4.39 Å². The number of aliphatic hydroxyl groups is 1. The number of hydrogen-bond acceptors (Lipinski definition) is 2. The lowest BCUT2D eigenvalue weighted by Crippen LogP contribution is -2.08. The van der Waals surface area contributed by atoms with E-state index in [1.54, 1.807) is 31.4 Å². The molecule has 0 aromatic heterocycles. The van der Waals surface area contributed by atoms with Gasteiger partial charge in [-0.05, 0) is 47.9 Å². The first-order valence-corrected chi connectivity index (χ1v) is 6.70. The van der Waals surface area contributed by atoms with E-state index >= 15 is 0 Å². The Kier molecular flexibility index (Phi) is 4.99. The van der Waals surface area contributed by atoms with Crippen LogP contribution in [-0.4, -0.2) is 18.8 Å². The second-order valence-electron chi connectivity index (χ2n) is 4.59. The van der Waals surface area contributed by atoms with Crippen molar-refractivity contribution in [1.29, 1.82) is 0 Å². The summed E-state index contributed by atoms with van der Waals surface area (Å²) in [6.45, 7) is -0.0265. The summed E-state index contributed by atoms with van der Waals surface area (Å²) in [5.74, 6) is 0.323. The van der Waals surface area contributed by atoms with Crippen molar-refractivity contribution in [3.05, 3.63) is 64.4 Å². The molecule has 106 valence electrons. The number of hydrogen-bond donors (Lipinski definition) is 1. The molecule has 1 N–H and O–H groups in total. The second kappa shape index (κ2) is 6.73. The Morgan fingerprint density at radius 1 is 1.20 bits per heavy atom. The molecule has 0 aliphatic carbocycles. The Hall–Kier alpha value is -1.58. The summed E-state index contributed by atoms with van der Waals surface area (Å²) in [6, 6.07) is 11.6. The normalized spacial score (nSPS) is 12.2. The fourth-order valence-electron chi connectivity index (χ4n) is 2.19. The summed E-state index contributed by atoms with van der Waals surface area (Å²) in [4.78, 5) is 0. The number of methoxy groups -OCH3 is 1. The van der Waals surface area contributed by atoms with Crippen LogP contribution in [0, 0.1) is 5.82 Å². The van der Waals surface area contributed by atoms with Crippen molar-refractivity contribution < 1.29 is 14.2 Å². The van der Waals surface area contributed by atoms with Gasteiger partial charge in [0, 0.05) is 10.9 Å². The maximum absolute atomic E-state index is 13.0. The molecule has 0 radical (unpaired) electrons. The SMILES string of the molecule is COc1ccc(Cl)cc1CC(CO)c1ccc(F)cc1. The van der Waals surface area contributed by atoms with Crippen LogP contribution < -0.4 is 4.74 Å². The van der Waals surface area contributed by atoms with Crippen molar-refractivity contribution in [2.45, 2.75) is 12.3 Å². The Morgan fingerprint density at radius 3 is 2.50 bits per heavy atom. The van der Waals surface area contributed by atoms with Crippen molar-refractivity contribution >= 4 is 11.6 Å². The molecule has 20 heavy (non-hydrogen) atoms. The molecule has 2 nitrogen and oxygen atoms in total. The zero-order chi connectivity index (χ0) is 14.5. The lowest BCUT2D eigenvalue weighted by Gasteiger charge is -2.17. The third kappa shape index (κ3) is 3.50. The number of benzene rings is 2. The summed E-state index contributed by atoms with van der Waals surface area (Å²) < 4.78 is 18.3. The summed E-state index contributed by atoms with van der Waals surface area (Å²) >= 11 is 6.00. The molecule has 0 fully saturated rings. The minimum atomic E-state index is -0.286. The van der Waals surface area contributed by atoms with E-state index in [-0.39, 0.29) is 18.3 Å². The monoisotopic (exact) mass is 294 g/mol. The topological polar surface area (TPSA) is 29.5 Å². The van der Waals surface area contributed by atoms with Gasteiger partial charge in [-0.3, -0.25) is 0 Å². The Morgan fingerprint density at radius 2 is 1.90 bits per heavy atom. The fourth-order valence-corrected chi connectivity index (χ4v) is 2.39. The van der Waals surface area contributed by atoms with E-state index in [4.69, 9.17) is 16.3 Å². The molecule has 0 bridgehead atoms. The van der Waals surface area contributed by atoms with Crippen LogP contribution in [0.4, 0.5) is 4.39 Å². The third-order valence-electron chi connectivity index (χ3n) is 3.27. The van der Waals surface area contributed by atoms with E-state index < -0.39 is 0 Å². The lowest BCUT2D eigenvalue weighted by molar-refractivity contribution is 0.263. The standard InChI is InChI=1S/C16H16ClFO2/c1-20-16-7-4-14(17)9-12(16)8-13(10-19)11-2-5-15(18)6-3-11/h2-7,9,13,19H,8,10H2,1H3. The number of halogens is 2. The molecule has 0 aliphatic rings. The highest BCUT2D eigenvalue weighted by Crippen LogP contribution is 2.28. The van der Waals surface area contributed by atoms with Crippen molar-refractivity contribution in [3.8, 4) is 5.75 Å². The fraction of sp³-hybridized carbons (Fsp3) is 0.250. The summed E-state index contributed by atoms with van der Waals surface area (Å²) in [5.41, 5.74) is 1.80. The Bertz CT molecular complexity index is 569. The van der Waals surface area contributed by atoms with Crippen LogP contribution in [0.25, 0.3) is 0 Å². The van der Waals surface area contributed by atoms with Gasteiger partial charge < -0.3 is 9.84 Å². The van der Waals surface area contributed by atoms with Gasteiger partial charge in [-0.15, -0.1) is 0 Å². The molecule has 0 aliphatic heterocycles. The maximum atomic E-state index is 13.0. The molecule has 0 amide bonds. The van der Waals surface area contributed by atoms with E-state index in [2.05, 4.69) is 0 Å². The van der Waals surface area contributed by atoms with Gasteiger partial charge in [0.05, 0.1) is 13.7 Å². The number of ether oxygens (including phenoxy) is 1. The largest absolute Gasteiger partial charge is 0.496 e. The Labute approximate surface area is 122 Å². The molecule has 0 saturated carbocycles. The molecule has 4 heteroatoms. The first-order valence-electron chi connectivity index (χ1n) is 6.32. The average molecular weight is 295 g/mol. The zero-order valence-electron chi connectivity index (χ0n) is 11.1. The minimum absolute atomic E-state index is 0.0265. The molecule has 2 aromatic carbocycles. The lowest BCUT2D eigenvalue weighted by atomic mass is 9.92. The van der Waals surface area contributed by atoms with Gasteiger partial charge in [0.1, 0.15) is 11.6 Å². The van der Waals surface area contributed by atoms with Crippen molar-refractivity contribution in [2.24, 2.45) is 0 Å². The van der Waals surface area contributed by atoms with Crippen LogP contribution in [0.3, 0.4) is 0 Å². The van der Waals surface area contributed by atoms with Crippen molar-refractivity contribution in [3.63, 3.8) is 0 Å². The van der Waals surface area contributed by atoms with Crippen LogP contribution in [-0.2, 0) is 6.42 Å². The van der Waals surface area contributed by atoms with E-state index in [0.29, 0.717) is 11.4 Å². The van der Waals surface area contributed by atoms with Gasteiger partial charge in [-0.2, -0.15) is 0 Å². The van der Waals surface area contributed by atoms with Crippen LogP contribution in [0.2, 0.25) is 5.02 Å². The highest BCUT2D eigenvalue weighted by Gasteiger charge is 2.14. The molecule has 0 heterocycles. The van der Waals surface area contributed by atoms with E-state index in [1.807, 2.05) is 6.07 Å². The van der Waals surface area contributed by atoms with Crippen LogP contribution in [0.1, 0.15) is 17.0 Å². The summed E-state index contributed by atoms with van der Waals surface area (Å²) in [5, 5.41) is 10.2. The van der Waals surface area contributed by atoms with Gasteiger partial charge in [0.25, 0.3) is 0 Å². The molecule has 0 saturated heterocycles. The molecule has 2 rings (SSSR count). The Balaban J connectivity index is 2.26. The first kappa shape index (κ1) is 14.8. The molecule has 0 spiro atoms. The van der Waals surface area contributed by atoms with Crippen LogP contribution >= 0.6 is 11.6 Å². The number of rotatable bonds is 5. The van der Waals surface area contributed by atoms with E-state index in [0.717, 1.165) is 16.9 Å². The molecule has 1 atom stereocenters. The van der Waals surface area contributed by atoms with Gasteiger partial charge in [0.15, 0.2) is 0 Å². The zero-order valence-corrected chi connectivity index (χ0v) is 11.9.